The van der Waals surface area contributed by atoms with Crippen molar-refractivity contribution in [3.63, 3.8) is 0 Å². The Morgan fingerprint density at radius 2 is 2.38 bits per heavy atom. The Morgan fingerprint density at radius 3 is 2.85 bits per heavy atom. The fourth-order valence-corrected chi connectivity index (χ4v) is 2.13. The number of allylic oxidation sites excluding steroid dienone is 1. The van der Waals surface area contributed by atoms with Crippen molar-refractivity contribution in [2.45, 2.75) is 18.9 Å². The molecule has 3 unspecified atom stereocenters. The first-order valence-electron chi connectivity index (χ1n) is 4.34. The fraction of sp³-hybridized carbons (Fsp3) is 0.625. The SMILES string of the molecule is NC(=O)N(N=O)C1C2C=CCCC21. The number of carbonyl (C=O) groups is 1. The second-order valence-corrected chi connectivity index (χ2v) is 3.50. The van der Waals surface area contributed by atoms with Gasteiger partial charge in [-0.3, -0.25) is 0 Å². The Bertz CT molecular complexity index is 277. The first-order valence-corrected chi connectivity index (χ1v) is 4.34. The number of hydrogen-bond donors (Lipinski definition) is 1. The minimum absolute atomic E-state index is 0.0752. The topological polar surface area (TPSA) is 75.8 Å². The summed E-state index contributed by atoms with van der Waals surface area (Å²) in [6.45, 7) is 0. The average Bonchev–Trinajstić information content (AvgIpc) is 2.81. The molecule has 3 atom stereocenters. The molecule has 2 N–H and O–H groups in total. The maximum absolute atomic E-state index is 10.8. The number of rotatable bonds is 2. The van der Waals surface area contributed by atoms with E-state index >= 15 is 0 Å². The third-order valence-corrected chi connectivity index (χ3v) is 2.81. The van der Waals surface area contributed by atoms with Crippen LogP contribution in [-0.2, 0) is 0 Å². The predicted octanol–water partition coefficient (Wildman–Crippen LogP) is 1.01. The Morgan fingerprint density at radius 1 is 1.62 bits per heavy atom. The number of amides is 2. The molecule has 0 spiro atoms. The molecular formula is C8H11N3O2. The van der Waals surface area contributed by atoms with Gasteiger partial charge in [-0.05, 0) is 18.8 Å². The van der Waals surface area contributed by atoms with Crippen LogP contribution in [-0.4, -0.2) is 17.1 Å². The molecule has 2 aliphatic carbocycles. The van der Waals surface area contributed by atoms with E-state index in [-0.39, 0.29) is 6.04 Å². The van der Waals surface area contributed by atoms with Crippen LogP contribution in [0.1, 0.15) is 12.8 Å². The lowest BCUT2D eigenvalue weighted by molar-refractivity contribution is 0.202. The van der Waals surface area contributed by atoms with Gasteiger partial charge in [0.1, 0.15) is 0 Å². The monoisotopic (exact) mass is 181 g/mol. The first-order chi connectivity index (χ1) is 6.25. The average molecular weight is 181 g/mol. The molecule has 2 amide bonds. The zero-order chi connectivity index (χ0) is 9.42. The number of hydrogen-bond acceptors (Lipinski definition) is 3. The smallest absolute Gasteiger partial charge is 0.338 e. The number of fused-ring (bicyclic) bond motifs is 1. The highest BCUT2D eigenvalue weighted by Crippen LogP contribution is 2.49. The van der Waals surface area contributed by atoms with E-state index < -0.39 is 6.03 Å². The first kappa shape index (κ1) is 8.22. The van der Waals surface area contributed by atoms with Crippen LogP contribution in [0.15, 0.2) is 17.4 Å². The van der Waals surface area contributed by atoms with Crippen LogP contribution in [0.4, 0.5) is 4.79 Å². The van der Waals surface area contributed by atoms with Crippen molar-refractivity contribution in [1.29, 1.82) is 0 Å². The summed E-state index contributed by atoms with van der Waals surface area (Å²) >= 11 is 0. The number of nitrogens with two attached hydrogens (primary N) is 1. The molecule has 0 aromatic carbocycles. The number of nitrogens with zero attached hydrogens (tertiary/aromatic N) is 2. The number of primary amides is 1. The van der Waals surface area contributed by atoms with Gasteiger partial charge in [0.25, 0.3) is 0 Å². The highest BCUT2D eigenvalue weighted by Gasteiger charge is 2.54. The maximum Gasteiger partial charge on any atom is 0.338 e. The number of urea groups is 1. The molecule has 1 saturated carbocycles. The molecule has 0 aromatic rings. The third kappa shape index (κ3) is 1.20. The van der Waals surface area contributed by atoms with Crippen molar-refractivity contribution in [3.8, 4) is 0 Å². The van der Waals surface area contributed by atoms with E-state index in [0.717, 1.165) is 17.9 Å². The van der Waals surface area contributed by atoms with Gasteiger partial charge in [-0.1, -0.05) is 12.2 Å². The summed E-state index contributed by atoms with van der Waals surface area (Å²) in [5.74, 6) is 0.703. The van der Waals surface area contributed by atoms with Gasteiger partial charge in [-0.2, -0.15) is 5.01 Å². The lowest BCUT2D eigenvalue weighted by atomic mass is 10.1. The summed E-state index contributed by atoms with van der Waals surface area (Å²) in [7, 11) is 0. The second kappa shape index (κ2) is 2.83. The number of nitroso groups, excluding NO2 is 1. The second-order valence-electron chi connectivity index (χ2n) is 3.50. The molecule has 0 aromatic heterocycles. The Hall–Kier alpha value is -1.39. The zero-order valence-corrected chi connectivity index (χ0v) is 7.09. The van der Waals surface area contributed by atoms with Crippen LogP contribution in [0.2, 0.25) is 0 Å². The summed E-state index contributed by atoms with van der Waals surface area (Å²) in [4.78, 5) is 21.1. The molecule has 5 nitrogen and oxygen atoms in total. The standard InChI is InChI=1S/C8H11N3O2/c9-8(12)11(10-13)7-5-3-1-2-4-6(5)7/h1,3,5-7H,2,4H2,(H2,9,12). The lowest BCUT2D eigenvalue weighted by Crippen LogP contribution is -2.34. The highest BCUT2D eigenvalue weighted by atomic mass is 16.3. The van der Waals surface area contributed by atoms with E-state index in [0.29, 0.717) is 11.8 Å². The van der Waals surface area contributed by atoms with Crippen LogP contribution in [0, 0.1) is 16.7 Å². The predicted molar refractivity (Wildman–Crippen MR) is 46.4 cm³/mol. The van der Waals surface area contributed by atoms with Gasteiger partial charge >= 0.3 is 6.03 Å². The quantitative estimate of drug-likeness (QED) is 0.392. The summed E-state index contributed by atoms with van der Waals surface area (Å²) < 4.78 is 0. The number of carbonyl (C=O) groups excluding carboxylic acids is 1. The van der Waals surface area contributed by atoms with Crippen molar-refractivity contribution >= 4 is 6.03 Å². The molecule has 2 aliphatic rings. The largest absolute Gasteiger partial charge is 0.350 e. The van der Waals surface area contributed by atoms with Gasteiger partial charge < -0.3 is 5.73 Å². The zero-order valence-electron chi connectivity index (χ0n) is 7.09. The minimum atomic E-state index is -0.747. The summed E-state index contributed by atoms with van der Waals surface area (Å²) in [6, 6.07) is -0.823. The maximum atomic E-state index is 10.8. The van der Waals surface area contributed by atoms with Crippen molar-refractivity contribution < 1.29 is 4.79 Å². The van der Waals surface area contributed by atoms with Crippen LogP contribution in [0.5, 0.6) is 0 Å². The summed E-state index contributed by atoms with van der Waals surface area (Å²) in [5, 5.41) is 3.51. The molecule has 0 bridgehead atoms. The molecule has 5 heteroatoms. The van der Waals surface area contributed by atoms with Gasteiger partial charge in [0.2, 0.25) is 0 Å². The van der Waals surface area contributed by atoms with Crippen LogP contribution in [0.25, 0.3) is 0 Å². The minimum Gasteiger partial charge on any atom is -0.350 e. The van der Waals surface area contributed by atoms with Crippen molar-refractivity contribution in [2.75, 3.05) is 0 Å². The normalized spacial score (nSPS) is 34.9. The third-order valence-electron chi connectivity index (χ3n) is 2.81. The Kier molecular flexibility index (Phi) is 1.79. The van der Waals surface area contributed by atoms with E-state index in [1.165, 1.54) is 0 Å². The highest BCUT2D eigenvalue weighted by molar-refractivity contribution is 5.72. The van der Waals surface area contributed by atoms with Gasteiger partial charge in [-0.15, -0.1) is 4.91 Å². The van der Waals surface area contributed by atoms with Crippen molar-refractivity contribution in [1.82, 2.24) is 5.01 Å². The van der Waals surface area contributed by atoms with Gasteiger partial charge in [0.15, 0.2) is 0 Å². The molecule has 0 radical (unpaired) electrons. The van der Waals surface area contributed by atoms with E-state index in [1.54, 1.807) is 0 Å². The van der Waals surface area contributed by atoms with Crippen LogP contribution < -0.4 is 5.73 Å². The van der Waals surface area contributed by atoms with E-state index in [2.05, 4.69) is 11.4 Å². The molecule has 0 heterocycles. The molecule has 1 fully saturated rings. The van der Waals surface area contributed by atoms with Gasteiger partial charge in [0.05, 0.1) is 11.3 Å². The summed E-state index contributed by atoms with van der Waals surface area (Å²) in [6.07, 6.45) is 6.15. The van der Waals surface area contributed by atoms with Gasteiger partial charge in [-0.25, -0.2) is 4.79 Å². The molecule has 2 rings (SSSR count). The molecule has 0 aliphatic heterocycles. The van der Waals surface area contributed by atoms with Crippen LogP contribution >= 0.6 is 0 Å². The molecule has 13 heavy (non-hydrogen) atoms. The molecule has 70 valence electrons. The van der Waals surface area contributed by atoms with E-state index in [9.17, 15) is 9.70 Å². The van der Waals surface area contributed by atoms with Gasteiger partial charge in [0, 0.05) is 5.92 Å². The molecule has 0 saturated heterocycles. The molecular weight excluding hydrogens is 170 g/mol. The fourth-order valence-electron chi connectivity index (χ4n) is 2.13. The van der Waals surface area contributed by atoms with E-state index in [1.807, 2.05) is 6.08 Å². The van der Waals surface area contributed by atoms with Crippen molar-refractivity contribution in [2.24, 2.45) is 22.9 Å². The summed E-state index contributed by atoms with van der Waals surface area (Å²) in [5.41, 5.74) is 5.01. The van der Waals surface area contributed by atoms with Crippen molar-refractivity contribution in [3.05, 3.63) is 17.1 Å². The Balaban J connectivity index is 2.07. The lowest BCUT2D eigenvalue weighted by Gasteiger charge is -2.08. The van der Waals surface area contributed by atoms with E-state index in [4.69, 9.17) is 5.73 Å². The Labute approximate surface area is 75.5 Å². The van der Waals surface area contributed by atoms with Crippen LogP contribution in [0.3, 0.4) is 0 Å².